The number of imide groups is 1. The highest BCUT2D eigenvalue weighted by atomic mass is 32.2. The van der Waals surface area contributed by atoms with Crippen LogP contribution in [0, 0.1) is 6.92 Å². The molecule has 7 nitrogen and oxygen atoms in total. The van der Waals surface area contributed by atoms with Gasteiger partial charge in [0.05, 0.1) is 5.25 Å². The van der Waals surface area contributed by atoms with E-state index in [1.807, 2.05) is 35.8 Å². The monoisotopic (exact) mass is 373 g/mol. The summed E-state index contributed by atoms with van der Waals surface area (Å²) in [4.78, 5) is 23.7. The molecule has 8 heteroatoms. The fourth-order valence-electron chi connectivity index (χ4n) is 2.30. The quantitative estimate of drug-likeness (QED) is 0.575. The van der Waals surface area contributed by atoms with Gasteiger partial charge in [0.2, 0.25) is 5.91 Å². The number of allylic oxidation sites excluding steroid dienone is 1. The average Bonchev–Trinajstić information content (AvgIpc) is 2.98. The molecule has 2 aromatic rings. The Labute approximate surface area is 157 Å². The van der Waals surface area contributed by atoms with Gasteiger partial charge < -0.3 is 5.32 Å². The van der Waals surface area contributed by atoms with Crippen LogP contribution in [-0.2, 0) is 11.3 Å². The van der Waals surface area contributed by atoms with Gasteiger partial charge in [-0.15, -0.1) is 16.8 Å². The number of amides is 3. The maximum atomic E-state index is 12.2. The molecular formula is C18H23N5O2S. The number of hydrogen-bond donors (Lipinski definition) is 2. The Hall–Kier alpha value is -2.61. The van der Waals surface area contributed by atoms with E-state index in [-0.39, 0.29) is 5.91 Å². The summed E-state index contributed by atoms with van der Waals surface area (Å²) >= 11 is 1.25. The standard InChI is InChI=1S/C18H23N5O2S/c1-5-10-23-15(14-9-7-8-12(3)11-14)21-22-18(23)26-13(4)16(24)20-17(25)19-6-2/h5,7-9,11,13H,1,6,10H2,2-4H3,(H2,19,20,24,25)/t13-/m1/s1. The summed E-state index contributed by atoms with van der Waals surface area (Å²) in [6.45, 7) is 10.3. The molecule has 0 radical (unpaired) electrons. The topological polar surface area (TPSA) is 88.9 Å². The minimum absolute atomic E-state index is 0.383. The normalized spacial score (nSPS) is 11.7. The Morgan fingerprint density at radius 1 is 1.38 bits per heavy atom. The highest BCUT2D eigenvalue weighted by molar-refractivity contribution is 8.00. The smallest absolute Gasteiger partial charge is 0.321 e. The summed E-state index contributed by atoms with van der Waals surface area (Å²) in [5.74, 6) is 0.332. The molecule has 0 fully saturated rings. The van der Waals surface area contributed by atoms with Gasteiger partial charge in [0.1, 0.15) is 0 Å². The van der Waals surface area contributed by atoms with Crippen molar-refractivity contribution in [3.05, 3.63) is 42.5 Å². The molecule has 2 N–H and O–H groups in total. The van der Waals surface area contributed by atoms with Crippen LogP contribution in [0.3, 0.4) is 0 Å². The second kappa shape index (κ2) is 9.19. The molecule has 1 atom stereocenters. The van der Waals surface area contributed by atoms with E-state index >= 15 is 0 Å². The number of nitrogens with zero attached hydrogens (tertiary/aromatic N) is 3. The largest absolute Gasteiger partial charge is 0.338 e. The summed E-state index contributed by atoms with van der Waals surface area (Å²) in [6, 6.07) is 7.48. The summed E-state index contributed by atoms with van der Waals surface area (Å²) in [7, 11) is 0. The molecule has 3 amide bonds. The van der Waals surface area contributed by atoms with E-state index in [2.05, 4.69) is 27.4 Å². The number of thioether (sulfide) groups is 1. The molecule has 2 rings (SSSR count). The van der Waals surface area contributed by atoms with Gasteiger partial charge in [-0.05, 0) is 26.8 Å². The second-order valence-electron chi connectivity index (χ2n) is 5.68. The third-order valence-corrected chi connectivity index (χ3v) is 4.61. The zero-order chi connectivity index (χ0) is 19.1. The number of urea groups is 1. The van der Waals surface area contributed by atoms with Crippen molar-refractivity contribution < 1.29 is 9.59 Å². The van der Waals surface area contributed by atoms with Gasteiger partial charge in [0.25, 0.3) is 0 Å². The summed E-state index contributed by atoms with van der Waals surface area (Å²) in [5.41, 5.74) is 2.07. The van der Waals surface area contributed by atoms with Crippen molar-refractivity contribution in [3.8, 4) is 11.4 Å². The lowest BCUT2D eigenvalue weighted by atomic mass is 10.1. The molecule has 138 valence electrons. The zero-order valence-electron chi connectivity index (χ0n) is 15.2. The maximum Gasteiger partial charge on any atom is 0.321 e. The second-order valence-corrected chi connectivity index (χ2v) is 6.99. The molecule has 0 spiro atoms. The van der Waals surface area contributed by atoms with Crippen LogP contribution >= 0.6 is 11.8 Å². The van der Waals surface area contributed by atoms with Crippen molar-refractivity contribution in [2.75, 3.05) is 6.54 Å². The zero-order valence-corrected chi connectivity index (χ0v) is 16.0. The van der Waals surface area contributed by atoms with E-state index in [1.54, 1.807) is 19.9 Å². The lowest BCUT2D eigenvalue weighted by molar-refractivity contribution is -0.119. The van der Waals surface area contributed by atoms with Crippen LogP contribution in [-0.4, -0.2) is 38.5 Å². The van der Waals surface area contributed by atoms with E-state index in [0.29, 0.717) is 24.1 Å². The molecule has 0 unspecified atom stereocenters. The maximum absolute atomic E-state index is 12.2. The number of rotatable bonds is 7. The Morgan fingerprint density at radius 3 is 2.81 bits per heavy atom. The first-order valence-corrected chi connectivity index (χ1v) is 9.20. The van der Waals surface area contributed by atoms with Gasteiger partial charge in [0, 0.05) is 18.7 Å². The molecule has 0 aliphatic carbocycles. The third kappa shape index (κ3) is 4.95. The van der Waals surface area contributed by atoms with Crippen molar-refractivity contribution in [2.45, 2.75) is 37.7 Å². The van der Waals surface area contributed by atoms with E-state index in [9.17, 15) is 9.59 Å². The molecule has 0 saturated heterocycles. The van der Waals surface area contributed by atoms with Crippen LogP contribution < -0.4 is 10.6 Å². The SMILES string of the molecule is C=CCn1c(S[C@H](C)C(=O)NC(=O)NCC)nnc1-c1cccc(C)c1. The number of nitrogens with one attached hydrogen (secondary N) is 2. The van der Waals surface area contributed by atoms with E-state index in [1.165, 1.54) is 11.8 Å². The minimum Gasteiger partial charge on any atom is -0.338 e. The van der Waals surface area contributed by atoms with Gasteiger partial charge >= 0.3 is 6.03 Å². The molecule has 26 heavy (non-hydrogen) atoms. The van der Waals surface area contributed by atoms with Crippen LogP contribution in [0.1, 0.15) is 19.4 Å². The number of benzene rings is 1. The van der Waals surface area contributed by atoms with Gasteiger partial charge in [-0.25, -0.2) is 4.79 Å². The van der Waals surface area contributed by atoms with Gasteiger partial charge in [-0.2, -0.15) is 0 Å². The first kappa shape index (κ1) is 19.7. The summed E-state index contributed by atoms with van der Waals surface area (Å²) in [5, 5.41) is 13.4. The molecular weight excluding hydrogens is 350 g/mol. The first-order valence-electron chi connectivity index (χ1n) is 8.32. The lowest BCUT2D eigenvalue weighted by Crippen LogP contribution is -2.42. The van der Waals surface area contributed by atoms with Crippen molar-refractivity contribution in [2.24, 2.45) is 0 Å². The molecule has 0 aliphatic rings. The molecule has 0 saturated carbocycles. The fourth-order valence-corrected chi connectivity index (χ4v) is 3.16. The van der Waals surface area contributed by atoms with Crippen molar-refractivity contribution in [1.29, 1.82) is 0 Å². The van der Waals surface area contributed by atoms with E-state index in [4.69, 9.17) is 0 Å². The lowest BCUT2D eigenvalue weighted by Gasteiger charge is -2.12. The molecule has 0 aliphatic heterocycles. The van der Waals surface area contributed by atoms with E-state index < -0.39 is 11.3 Å². The van der Waals surface area contributed by atoms with Crippen molar-refractivity contribution in [1.82, 2.24) is 25.4 Å². The Balaban J connectivity index is 2.20. The Bertz CT molecular complexity index is 803. The van der Waals surface area contributed by atoms with Crippen molar-refractivity contribution in [3.63, 3.8) is 0 Å². The highest BCUT2D eigenvalue weighted by Gasteiger charge is 2.21. The van der Waals surface area contributed by atoms with Crippen LogP contribution in [0.4, 0.5) is 4.79 Å². The van der Waals surface area contributed by atoms with Crippen LogP contribution in [0.2, 0.25) is 0 Å². The molecule has 1 heterocycles. The molecule has 1 aromatic heterocycles. The van der Waals surface area contributed by atoms with E-state index in [0.717, 1.165) is 11.1 Å². The van der Waals surface area contributed by atoms with Gasteiger partial charge in [-0.3, -0.25) is 14.7 Å². The number of carbonyl (C=O) groups is 2. The van der Waals surface area contributed by atoms with Crippen LogP contribution in [0.25, 0.3) is 11.4 Å². The third-order valence-electron chi connectivity index (χ3n) is 3.53. The highest BCUT2D eigenvalue weighted by Crippen LogP contribution is 2.27. The Morgan fingerprint density at radius 2 is 2.15 bits per heavy atom. The van der Waals surface area contributed by atoms with Gasteiger partial charge in [0.15, 0.2) is 11.0 Å². The first-order chi connectivity index (χ1) is 12.5. The summed E-state index contributed by atoms with van der Waals surface area (Å²) in [6.07, 6.45) is 1.76. The average molecular weight is 373 g/mol. The predicted molar refractivity (Wildman–Crippen MR) is 103 cm³/mol. The van der Waals surface area contributed by atoms with Crippen LogP contribution in [0.15, 0.2) is 42.1 Å². The number of carbonyl (C=O) groups excluding carboxylic acids is 2. The number of hydrogen-bond acceptors (Lipinski definition) is 5. The predicted octanol–water partition coefficient (Wildman–Crippen LogP) is 2.77. The molecule has 0 bridgehead atoms. The molecule has 1 aromatic carbocycles. The fraction of sp³-hybridized carbons (Fsp3) is 0.333. The summed E-state index contributed by atoms with van der Waals surface area (Å²) < 4.78 is 1.91. The minimum atomic E-state index is -0.504. The van der Waals surface area contributed by atoms with Gasteiger partial charge in [-0.1, -0.05) is 41.6 Å². The number of aryl methyl sites for hydroxylation is 1. The van der Waals surface area contributed by atoms with Crippen LogP contribution in [0.5, 0.6) is 0 Å². The van der Waals surface area contributed by atoms with Crippen molar-refractivity contribution >= 4 is 23.7 Å². The Kier molecular flexibility index (Phi) is 6.97. The number of aromatic nitrogens is 3.